The fraction of sp³-hybridized carbons (Fsp3) is 0.667. The van der Waals surface area contributed by atoms with E-state index in [1.54, 1.807) is 7.11 Å². The molecule has 2 atom stereocenters. The van der Waals surface area contributed by atoms with Gasteiger partial charge in [-0.3, -0.25) is 4.90 Å². The van der Waals surface area contributed by atoms with Gasteiger partial charge in [0.1, 0.15) is 5.75 Å². The van der Waals surface area contributed by atoms with Crippen molar-refractivity contribution in [2.75, 3.05) is 20.2 Å². The van der Waals surface area contributed by atoms with Crippen LogP contribution >= 0.6 is 0 Å². The summed E-state index contributed by atoms with van der Waals surface area (Å²) >= 11 is 0. The third-order valence-electron chi connectivity index (χ3n) is 5.19. The molecule has 0 aliphatic carbocycles. The molecule has 3 rings (SSSR count). The minimum Gasteiger partial charge on any atom is -0.497 e. The summed E-state index contributed by atoms with van der Waals surface area (Å²) < 4.78 is 5.23. The molecule has 2 aliphatic rings. The molecule has 0 radical (unpaired) electrons. The Morgan fingerprint density at radius 3 is 2.38 bits per heavy atom. The number of methoxy groups -OCH3 is 1. The minimum absolute atomic E-state index is 0.754. The second kappa shape index (κ2) is 6.80. The first-order valence-corrected chi connectivity index (χ1v) is 8.42. The van der Waals surface area contributed by atoms with E-state index in [2.05, 4.69) is 41.4 Å². The zero-order valence-electron chi connectivity index (χ0n) is 13.3. The largest absolute Gasteiger partial charge is 0.497 e. The molecular weight excluding hydrogens is 260 g/mol. The quantitative estimate of drug-likeness (QED) is 0.871. The lowest BCUT2D eigenvalue weighted by Crippen LogP contribution is -2.49. The average molecular weight is 288 g/mol. The van der Waals surface area contributed by atoms with Crippen LogP contribution in [0.25, 0.3) is 0 Å². The van der Waals surface area contributed by atoms with Crippen LogP contribution in [-0.4, -0.2) is 43.2 Å². The van der Waals surface area contributed by atoms with Gasteiger partial charge in [-0.25, -0.2) is 0 Å². The number of fused-ring (bicyclic) bond motifs is 2. The summed E-state index contributed by atoms with van der Waals surface area (Å²) in [5, 5.41) is 3.65. The fourth-order valence-corrected chi connectivity index (χ4v) is 4.15. The summed E-state index contributed by atoms with van der Waals surface area (Å²) in [7, 11) is 1.72. The van der Waals surface area contributed by atoms with Crippen LogP contribution in [0.4, 0.5) is 0 Å². The van der Waals surface area contributed by atoms with Gasteiger partial charge in [0.05, 0.1) is 7.11 Å². The van der Waals surface area contributed by atoms with E-state index >= 15 is 0 Å². The number of piperidine rings is 1. The Kier molecular flexibility index (Phi) is 4.81. The lowest BCUT2D eigenvalue weighted by Gasteiger charge is -2.39. The first-order chi connectivity index (χ1) is 10.3. The maximum absolute atomic E-state index is 5.23. The van der Waals surface area contributed by atoms with Crippen LogP contribution in [-0.2, 0) is 6.42 Å². The highest BCUT2D eigenvalue weighted by atomic mass is 16.5. The Hall–Kier alpha value is -1.06. The highest BCUT2D eigenvalue weighted by Crippen LogP contribution is 2.35. The molecule has 116 valence electrons. The first-order valence-electron chi connectivity index (χ1n) is 8.42. The second-order valence-corrected chi connectivity index (χ2v) is 6.45. The number of benzene rings is 1. The Morgan fingerprint density at radius 1 is 1.14 bits per heavy atom. The van der Waals surface area contributed by atoms with Crippen molar-refractivity contribution in [1.82, 2.24) is 10.2 Å². The predicted molar refractivity (Wildman–Crippen MR) is 86.9 cm³/mol. The number of nitrogens with zero attached hydrogens (tertiary/aromatic N) is 1. The summed E-state index contributed by atoms with van der Waals surface area (Å²) in [6, 6.07) is 10.9. The third-order valence-corrected chi connectivity index (χ3v) is 5.19. The summed E-state index contributed by atoms with van der Waals surface area (Å²) in [6.07, 6.45) is 6.63. The van der Waals surface area contributed by atoms with E-state index in [0.717, 1.165) is 36.8 Å². The van der Waals surface area contributed by atoms with Crippen molar-refractivity contribution in [3.8, 4) is 5.75 Å². The van der Waals surface area contributed by atoms with Gasteiger partial charge in [-0.15, -0.1) is 0 Å². The zero-order valence-corrected chi connectivity index (χ0v) is 13.3. The molecule has 3 nitrogen and oxygen atoms in total. The Bertz CT molecular complexity index is 431. The van der Waals surface area contributed by atoms with Gasteiger partial charge in [0.25, 0.3) is 0 Å². The van der Waals surface area contributed by atoms with Crippen molar-refractivity contribution in [1.29, 1.82) is 0 Å². The van der Waals surface area contributed by atoms with Crippen LogP contribution in [0, 0.1) is 0 Å². The molecule has 0 amide bonds. The molecule has 2 fully saturated rings. The molecule has 3 heteroatoms. The number of nitrogens with one attached hydrogen (secondary N) is 1. The Labute approximate surface area is 128 Å². The van der Waals surface area contributed by atoms with Crippen molar-refractivity contribution < 1.29 is 4.74 Å². The van der Waals surface area contributed by atoms with Crippen LogP contribution in [0.5, 0.6) is 5.75 Å². The van der Waals surface area contributed by atoms with Gasteiger partial charge in [-0.1, -0.05) is 19.1 Å². The van der Waals surface area contributed by atoms with Crippen LogP contribution < -0.4 is 10.1 Å². The van der Waals surface area contributed by atoms with Crippen LogP contribution in [0.15, 0.2) is 24.3 Å². The first kappa shape index (κ1) is 14.9. The van der Waals surface area contributed by atoms with Crippen molar-refractivity contribution in [2.24, 2.45) is 0 Å². The van der Waals surface area contributed by atoms with E-state index in [0.29, 0.717) is 0 Å². The van der Waals surface area contributed by atoms with E-state index in [1.807, 2.05) is 0 Å². The molecule has 1 aromatic carbocycles. The Balaban J connectivity index is 1.54. The van der Waals surface area contributed by atoms with Crippen molar-refractivity contribution in [3.05, 3.63) is 29.8 Å². The molecule has 0 saturated carbocycles. The normalized spacial score (nSPS) is 28.8. The van der Waals surface area contributed by atoms with Crippen molar-refractivity contribution in [2.45, 2.75) is 57.2 Å². The number of ether oxygens (including phenoxy) is 1. The van der Waals surface area contributed by atoms with Crippen LogP contribution in [0.2, 0.25) is 0 Å². The van der Waals surface area contributed by atoms with Gasteiger partial charge in [0, 0.05) is 24.7 Å². The third kappa shape index (κ3) is 3.41. The van der Waals surface area contributed by atoms with Crippen LogP contribution in [0.3, 0.4) is 0 Å². The molecule has 0 spiro atoms. The number of hydrogen-bond acceptors (Lipinski definition) is 3. The average Bonchev–Trinajstić information content (AvgIpc) is 2.75. The maximum Gasteiger partial charge on any atom is 0.118 e. The second-order valence-electron chi connectivity index (χ2n) is 6.45. The molecule has 2 saturated heterocycles. The molecule has 2 bridgehead atoms. The topological polar surface area (TPSA) is 24.5 Å². The van der Waals surface area contributed by atoms with E-state index < -0.39 is 0 Å². The van der Waals surface area contributed by atoms with Crippen molar-refractivity contribution in [3.63, 3.8) is 0 Å². The minimum atomic E-state index is 0.754. The zero-order chi connectivity index (χ0) is 14.7. The molecule has 2 heterocycles. The van der Waals surface area contributed by atoms with E-state index in [9.17, 15) is 0 Å². The molecule has 21 heavy (non-hydrogen) atoms. The standard InChI is InChI=1S/C18H28N2O/c1-3-19-15-12-16-6-7-17(13-15)20(16)11-10-14-4-8-18(21-2)9-5-14/h4-5,8-9,15-17,19H,3,6-7,10-13H2,1-2H3. The summed E-state index contributed by atoms with van der Waals surface area (Å²) in [5.74, 6) is 0.949. The molecule has 2 aliphatic heterocycles. The van der Waals surface area contributed by atoms with E-state index in [1.165, 1.54) is 37.8 Å². The summed E-state index contributed by atoms with van der Waals surface area (Å²) in [5.41, 5.74) is 1.42. The van der Waals surface area contributed by atoms with E-state index in [-0.39, 0.29) is 0 Å². The molecule has 1 aromatic rings. The highest BCUT2D eigenvalue weighted by molar-refractivity contribution is 5.27. The van der Waals surface area contributed by atoms with Gasteiger partial charge in [-0.05, 0) is 56.3 Å². The van der Waals surface area contributed by atoms with Gasteiger partial charge < -0.3 is 10.1 Å². The van der Waals surface area contributed by atoms with Crippen molar-refractivity contribution >= 4 is 0 Å². The van der Waals surface area contributed by atoms with Gasteiger partial charge >= 0.3 is 0 Å². The predicted octanol–water partition coefficient (Wildman–Crippen LogP) is 2.84. The molecule has 2 unspecified atom stereocenters. The lowest BCUT2D eigenvalue weighted by molar-refractivity contribution is 0.119. The summed E-state index contributed by atoms with van der Waals surface area (Å²) in [4.78, 5) is 2.78. The summed E-state index contributed by atoms with van der Waals surface area (Å²) in [6.45, 7) is 4.54. The van der Waals surface area contributed by atoms with Gasteiger partial charge in [0.2, 0.25) is 0 Å². The lowest BCUT2D eigenvalue weighted by atomic mass is 9.96. The Morgan fingerprint density at radius 2 is 1.81 bits per heavy atom. The van der Waals surface area contributed by atoms with Gasteiger partial charge in [-0.2, -0.15) is 0 Å². The SMILES string of the molecule is CCNC1CC2CCC(C1)N2CCc1ccc(OC)cc1. The number of rotatable bonds is 6. The molecule has 0 aromatic heterocycles. The van der Waals surface area contributed by atoms with E-state index in [4.69, 9.17) is 4.74 Å². The van der Waals surface area contributed by atoms with Gasteiger partial charge in [0.15, 0.2) is 0 Å². The monoisotopic (exact) mass is 288 g/mol. The fourth-order valence-electron chi connectivity index (χ4n) is 4.15. The molecular formula is C18H28N2O. The van der Waals surface area contributed by atoms with Crippen LogP contribution in [0.1, 0.15) is 38.2 Å². The molecule has 1 N–H and O–H groups in total. The smallest absolute Gasteiger partial charge is 0.118 e. The maximum atomic E-state index is 5.23. The number of hydrogen-bond donors (Lipinski definition) is 1. The highest BCUT2D eigenvalue weighted by Gasteiger charge is 2.39.